The standard InChI is InChI=1S/C21H27FN4O2S.HI/c1-23-20(25-15-21(11-12-21)17-8-6-9-18(22)13-17)24-14-16-7-4-5-10-19(16)29(27,28)26(2)3;/h4-10,13H,11-12,14-15H2,1-3H3,(H2,23,24,25);1H. The van der Waals surface area contributed by atoms with Gasteiger partial charge in [-0.1, -0.05) is 30.3 Å². The first-order chi connectivity index (χ1) is 13.8. The maximum Gasteiger partial charge on any atom is 0.242 e. The van der Waals surface area contributed by atoms with E-state index in [9.17, 15) is 12.8 Å². The highest BCUT2D eigenvalue weighted by molar-refractivity contribution is 14.0. The minimum absolute atomic E-state index is 0. The summed E-state index contributed by atoms with van der Waals surface area (Å²) < 4.78 is 39.9. The van der Waals surface area contributed by atoms with Crippen molar-refractivity contribution in [3.05, 3.63) is 65.5 Å². The minimum atomic E-state index is -3.53. The summed E-state index contributed by atoms with van der Waals surface area (Å²) in [6.07, 6.45) is 1.98. The largest absolute Gasteiger partial charge is 0.356 e. The smallest absolute Gasteiger partial charge is 0.242 e. The van der Waals surface area contributed by atoms with Gasteiger partial charge in [0.05, 0.1) is 4.90 Å². The number of halogens is 2. The second-order valence-corrected chi connectivity index (χ2v) is 9.59. The van der Waals surface area contributed by atoms with Crippen molar-refractivity contribution < 1.29 is 12.8 Å². The number of hydrogen-bond donors (Lipinski definition) is 2. The molecule has 164 valence electrons. The zero-order valence-electron chi connectivity index (χ0n) is 17.4. The van der Waals surface area contributed by atoms with Crippen molar-refractivity contribution >= 4 is 40.0 Å². The van der Waals surface area contributed by atoms with Crippen molar-refractivity contribution in [1.82, 2.24) is 14.9 Å². The summed E-state index contributed by atoms with van der Waals surface area (Å²) >= 11 is 0. The molecule has 6 nitrogen and oxygen atoms in total. The Labute approximate surface area is 195 Å². The van der Waals surface area contributed by atoms with Crippen LogP contribution < -0.4 is 10.6 Å². The van der Waals surface area contributed by atoms with Crippen molar-refractivity contribution in [3.8, 4) is 0 Å². The quantitative estimate of drug-likeness (QED) is 0.318. The van der Waals surface area contributed by atoms with Gasteiger partial charge in [0.25, 0.3) is 0 Å². The maximum atomic E-state index is 13.6. The zero-order valence-corrected chi connectivity index (χ0v) is 20.5. The van der Waals surface area contributed by atoms with Crippen molar-refractivity contribution in [3.63, 3.8) is 0 Å². The van der Waals surface area contributed by atoms with Crippen LogP contribution in [0, 0.1) is 5.82 Å². The summed E-state index contributed by atoms with van der Waals surface area (Å²) in [5.41, 5.74) is 1.57. The van der Waals surface area contributed by atoms with Crippen molar-refractivity contribution in [2.24, 2.45) is 4.99 Å². The highest BCUT2D eigenvalue weighted by Crippen LogP contribution is 2.47. The predicted molar refractivity (Wildman–Crippen MR) is 128 cm³/mol. The molecule has 1 saturated carbocycles. The molecule has 0 heterocycles. The van der Waals surface area contributed by atoms with Crippen LogP contribution in [0.4, 0.5) is 4.39 Å². The topological polar surface area (TPSA) is 73.8 Å². The average Bonchev–Trinajstić information content (AvgIpc) is 3.49. The predicted octanol–water partition coefficient (Wildman–Crippen LogP) is 3.09. The lowest BCUT2D eigenvalue weighted by molar-refractivity contribution is 0.519. The fourth-order valence-electron chi connectivity index (χ4n) is 3.29. The molecule has 2 aromatic rings. The van der Waals surface area contributed by atoms with Gasteiger partial charge in [0.15, 0.2) is 5.96 Å². The van der Waals surface area contributed by atoms with Crippen LogP contribution in [0.25, 0.3) is 0 Å². The second-order valence-electron chi connectivity index (χ2n) is 7.47. The number of benzene rings is 2. The molecule has 2 aromatic carbocycles. The molecule has 1 aliphatic carbocycles. The van der Waals surface area contributed by atoms with Gasteiger partial charge in [0.2, 0.25) is 10.0 Å². The first-order valence-corrected chi connectivity index (χ1v) is 10.9. The Morgan fingerprint density at radius 3 is 2.43 bits per heavy atom. The van der Waals surface area contributed by atoms with Crippen LogP contribution in [0.2, 0.25) is 0 Å². The Morgan fingerprint density at radius 1 is 1.13 bits per heavy atom. The molecule has 0 aromatic heterocycles. The number of hydrogen-bond acceptors (Lipinski definition) is 3. The van der Waals surface area contributed by atoms with Gasteiger partial charge in [-0.25, -0.2) is 17.1 Å². The van der Waals surface area contributed by atoms with E-state index in [0.29, 0.717) is 24.6 Å². The van der Waals surface area contributed by atoms with Crippen LogP contribution in [-0.4, -0.2) is 46.4 Å². The van der Waals surface area contributed by atoms with Crippen LogP contribution in [-0.2, 0) is 22.0 Å². The summed E-state index contributed by atoms with van der Waals surface area (Å²) in [6, 6.07) is 13.6. The van der Waals surface area contributed by atoms with E-state index in [2.05, 4.69) is 15.6 Å². The third kappa shape index (κ3) is 5.50. The number of aliphatic imine (C=N–C) groups is 1. The van der Waals surface area contributed by atoms with Crippen LogP contribution in [0.3, 0.4) is 0 Å². The first-order valence-electron chi connectivity index (χ1n) is 9.49. The van der Waals surface area contributed by atoms with Gasteiger partial charge in [-0.2, -0.15) is 0 Å². The number of sulfonamides is 1. The molecule has 0 atom stereocenters. The van der Waals surface area contributed by atoms with Gasteiger partial charge in [0.1, 0.15) is 5.82 Å². The average molecular weight is 546 g/mol. The van der Waals surface area contributed by atoms with E-state index < -0.39 is 10.0 Å². The minimum Gasteiger partial charge on any atom is -0.356 e. The van der Waals surface area contributed by atoms with Gasteiger partial charge >= 0.3 is 0 Å². The fourth-order valence-corrected chi connectivity index (χ4v) is 4.40. The third-order valence-corrected chi connectivity index (χ3v) is 7.20. The molecule has 1 aliphatic rings. The summed E-state index contributed by atoms with van der Waals surface area (Å²) in [6.45, 7) is 0.948. The number of rotatable bonds is 7. The van der Waals surface area contributed by atoms with Crippen molar-refractivity contribution in [2.45, 2.75) is 29.7 Å². The second kappa shape index (κ2) is 10.1. The Bertz CT molecular complexity index is 1010. The van der Waals surface area contributed by atoms with E-state index in [0.717, 1.165) is 18.4 Å². The molecule has 0 aliphatic heterocycles. The Hall–Kier alpha value is -1.72. The number of nitrogens with zero attached hydrogens (tertiary/aromatic N) is 2. The van der Waals surface area contributed by atoms with Crippen molar-refractivity contribution in [2.75, 3.05) is 27.7 Å². The highest BCUT2D eigenvalue weighted by Gasteiger charge is 2.44. The lowest BCUT2D eigenvalue weighted by atomic mass is 9.96. The van der Waals surface area contributed by atoms with E-state index in [4.69, 9.17) is 0 Å². The lowest BCUT2D eigenvalue weighted by Crippen LogP contribution is -2.41. The molecule has 1 fully saturated rings. The molecule has 0 radical (unpaired) electrons. The molecule has 3 rings (SSSR count). The van der Waals surface area contributed by atoms with E-state index >= 15 is 0 Å². The molecule has 2 N–H and O–H groups in total. The lowest BCUT2D eigenvalue weighted by Gasteiger charge is -2.20. The van der Waals surface area contributed by atoms with E-state index in [1.807, 2.05) is 12.1 Å². The SMILES string of the molecule is CN=C(NCc1ccccc1S(=O)(=O)N(C)C)NCC1(c2cccc(F)c2)CC1.I. The monoisotopic (exact) mass is 546 g/mol. The molecular formula is C21H28FIN4O2S. The van der Waals surface area contributed by atoms with E-state index in [-0.39, 0.29) is 40.1 Å². The van der Waals surface area contributed by atoms with Crippen LogP contribution in [0.1, 0.15) is 24.0 Å². The zero-order chi connectivity index (χ0) is 21.1. The summed E-state index contributed by atoms with van der Waals surface area (Å²) in [5.74, 6) is 0.347. The van der Waals surface area contributed by atoms with Gasteiger partial charge in [-0.3, -0.25) is 4.99 Å². The Balaban J connectivity index is 0.00000320. The molecule has 0 amide bonds. The Kier molecular flexibility index (Phi) is 8.23. The van der Waals surface area contributed by atoms with Crippen LogP contribution >= 0.6 is 24.0 Å². The fraction of sp³-hybridized carbons (Fsp3) is 0.381. The molecule has 0 saturated heterocycles. The number of guanidine groups is 1. The van der Waals surface area contributed by atoms with E-state index in [1.165, 1.54) is 24.5 Å². The summed E-state index contributed by atoms with van der Waals surface area (Å²) in [7, 11) is 1.17. The van der Waals surface area contributed by atoms with Gasteiger partial charge in [0, 0.05) is 39.6 Å². The van der Waals surface area contributed by atoms with Gasteiger partial charge < -0.3 is 10.6 Å². The molecule has 0 spiro atoms. The van der Waals surface area contributed by atoms with Crippen LogP contribution in [0.5, 0.6) is 0 Å². The molecule has 0 unspecified atom stereocenters. The third-order valence-electron chi connectivity index (χ3n) is 5.29. The van der Waals surface area contributed by atoms with Gasteiger partial charge in [-0.15, -0.1) is 24.0 Å². The molecule has 0 bridgehead atoms. The van der Waals surface area contributed by atoms with Crippen molar-refractivity contribution in [1.29, 1.82) is 0 Å². The van der Waals surface area contributed by atoms with E-state index in [1.54, 1.807) is 37.4 Å². The van der Waals surface area contributed by atoms with Crippen LogP contribution in [0.15, 0.2) is 58.4 Å². The highest BCUT2D eigenvalue weighted by atomic mass is 127. The molecule has 30 heavy (non-hydrogen) atoms. The maximum absolute atomic E-state index is 13.6. The first kappa shape index (κ1) is 24.5. The Morgan fingerprint density at radius 2 is 1.83 bits per heavy atom. The molecule has 9 heteroatoms. The normalized spacial score (nSPS) is 15.4. The molecular weight excluding hydrogens is 518 g/mol. The summed E-state index contributed by atoms with van der Waals surface area (Å²) in [4.78, 5) is 4.50. The summed E-state index contributed by atoms with van der Waals surface area (Å²) in [5, 5.41) is 6.48. The van der Waals surface area contributed by atoms with Gasteiger partial charge in [-0.05, 0) is 42.2 Å². The number of nitrogens with one attached hydrogen (secondary N) is 2.